The van der Waals surface area contributed by atoms with Crippen LogP contribution in [0.5, 0.6) is 0 Å². The van der Waals surface area contributed by atoms with Crippen molar-refractivity contribution in [2.24, 2.45) is 0 Å². The lowest BCUT2D eigenvalue weighted by Crippen LogP contribution is -2.35. The predicted molar refractivity (Wildman–Crippen MR) is 83.9 cm³/mol. The van der Waals surface area contributed by atoms with Gasteiger partial charge in [-0.3, -0.25) is 0 Å². The monoisotopic (exact) mass is 266 g/mol. The van der Waals surface area contributed by atoms with Crippen LogP contribution in [0.25, 0.3) is 0 Å². The van der Waals surface area contributed by atoms with Crippen LogP contribution in [-0.2, 0) is 0 Å². The zero-order valence-corrected chi connectivity index (χ0v) is 12.9. The Bertz CT molecular complexity index is 552. The first-order valence-electron chi connectivity index (χ1n) is 6.92. The molecule has 0 aliphatic carbocycles. The maximum absolute atomic E-state index is 8.96. The van der Waals surface area contributed by atoms with Crippen LogP contribution in [-0.4, -0.2) is 17.0 Å². The second-order valence-electron chi connectivity index (χ2n) is 5.37. The van der Waals surface area contributed by atoms with Gasteiger partial charge in [-0.1, -0.05) is 23.6 Å². The van der Waals surface area contributed by atoms with E-state index < -0.39 is 0 Å². The maximum atomic E-state index is 8.96. The van der Waals surface area contributed by atoms with Crippen molar-refractivity contribution in [1.29, 1.82) is 5.26 Å². The summed E-state index contributed by atoms with van der Waals surface area (Å²) in [7, 11) is 0. The zero-order chi connectivity index (χ0) is 15.1. The van der Waals surface area contributed by atoms with Crippen LogP contribution < -0.4 is 0 Å². The van der Waals surface area contributed by atoms with Crippen LogP contribution in [0, 0.1) is 30.1 Å². The minimum atomic E-state index is 0.307. The molecule has 0 atom stereocenters. The third-order valence-electron chi connectivity index (χ3n) is 2.98. The Kier molecular flexibility index (Phi) is 5.88. The molecule has 0 saturated carbocycles. The van der Waals surface area contributed by atoms with Gasteiger partial charge in [-0.2, -0.15) is 5.26 Å². The van der Waals surface area contributed by atoms with E-state index in [1.807, 2.05) is 24.3 Å². The van der Waals surface area contributed by atoms with Gasteiger partial charge in [0.1, 0.15) is 0 Å². The predicted octanol–water partition coefficient (Wildman–Crippen LogP) is 3.87. The summed E-state index contributed by atoms with van der Waals surface area (Å²) < 4.78 is 0. The van der Waals surface area contributed by atoms with Gasteiger partial charge < -0.3 is 4.90 Å². The lowest BCUT2D eigenvalue weighted by Gasteiger charge is -2.32. The van der Waals surface area contributed by atoms with E-state index in [2.05, 4.69) is 57.4 Å². The molecule has 0 spiro atoms. The van der Waals surface area contributed by atoms with E-state index in [1.54, 1.807) is 0 Å². The number of nitriles is 1. The fraction of sp³-hybridized carbons (Fsp3) is 0.389. The van der Waals surface area contributed by atoms with Crippen molar-refractivity contribution >= 4 is 0 Å². The Morgan fingerprint density at radius 1 is 1.10 bits per heavy atom. The quantitative estimate of drug-likeness (QED) is 0.613. The van der Waals surface area contributed by atoms with Gasteiger partial charge in [-0.25, -0.2) is 0 Å². The minimum absolute atomic E-state index is 0.307. The smallest absolute Gasteiger partial charge is 0.0993 e. The molecule has 1 aromatic carbocycles. The standard InChI is InChI=1S/C18H22N2/c1-14(2)20(15(3)4)18(12-13-19)11-10-17-8-6-16(5)7-9-17/h6-9,12,14-15H,1-5H3/b18-12+. The van der Waals surface area contributed by atoms with Crippen molar-refractivity contribution < 1.29 is 0 Å². The molecule has 1 aromatic rings. The van der Waals surface area contributed by atoms with Gasteiger partial charge in [0.05, 0.1) is 11.8 Å². The van der Waals surface area contributed by atoms with Crippen LogP contribution in [0.1, 0.15) is 38.8 Å². The van der Waals surface area contributed by atoms with Gasteiger partial charge in [0.15, 0.2) is 0 Å². The Hall–Kier alpha value is -2.19. The van der Waals surface area contributed by atoms with Crippen LogP contribution in [0.4, 0.5) is 0 Å². The number of rotatable bonds is 3. The SMILES string of the molecule is Cc1ccc(C#C/C(=C\C#N)N(C(C)C)C(C)C)cc1. The Morgan fingerprint density at radius 3 is 2.10 bits per heavy atom. The molecule has 0 aliphatic rings. The van der Waals surface area contributed by atoms with Crippen LogP contribution in [0.3, 0.4) is 0 Å². The van der Waals surface area contributed by atoms with E-state index in [9.17, 15) is 0 Å². The molecule has 0 fully saturated rings. The third kappa shape index (κ3) is 4.48. The Labute approximate surface area is 122 Å². The van der Waals surface area contributed by atoms with Crippen molar-refractivity contribution in [3.8, 4) is 17.9 Å². The summed E-state index contributed by atoms with van der Waals surface area (Å²) in [4.78, 5) is 2.16. The van der Waals surface area contributed by atoms with Crippen LogP contribution in [0.15, 0.2) is 36.0 Å². The molecule has 0 amide bonds. The molecule has 0 bridgehead atoms. The van der Waals surface area contributed by atoms with Gasteiger partial charge in [0.2, 0.25) is 0 Å². The first-order chi connectivity index (χ1) is 9.45. The van der Waals surface area contributed by atoms with Gasteiger partial charge in [0.25, 0.3) is 0 Å². The van der Waals surface area contributed by atoms with E-state index in [0.29, 0.717) is 12.1 Å². The highest BCUT2D eigenvalue weighted by Crippen LogP contribution is 2.13. The van der Waals surface area contributed by atoms with Crippen molar-refractivity contribution in [2.75, 3.05) is 0 Å². The first-order valence-corrected chi connectivity index (χ1v) is 6.92. The lowest BCUT2D eigenvalue weighted by atomic mass is 10.1. The third-order valence-corrected chi connectivity index (χ3v) is 2.98. The molecular formula is C18H22N2. The van der Waals surface area contributed by atoms with E-state index in [0.717, 1.165) is 11.3 Å². The maximum Gasteiger partial charge on any atom is 0.0993 e. The average Bonchev–Trinajstić information content (AvgIpc) is 2.37. The first kappa shape index (κ1) is 15.9. The highest BCUT2D eigenvalue weighted by molar-refractivity contribution is 5.42. The molecule has 2 heteroatoms. The molecule has 0 unspecified atom stereocenters. The molecule has 104 valence electrons. The van der Waals surface area contributed by atoms with E-state index >= 15 is 0 Å². The van der Waals surface area contributed by atoms with Crippen molar-refractivity contribution in [2.45, 2.75) is 46.7 Å². The summed E-state index contributed by atoms with van der Waals surface area (Å²) in [6.45, 7) is 10.5. The normalized spacial score (nSPS) is 11.0. The average molecular weight is 266 g/mol. The fourth-order valence-electron chi connectivity index (χ4n) is 2.16. The molecule has 2 nitrogen and oxygen atoms in total. The Morgan fingerprint density at radius 2 is 1.65 bits per heavy atom. The molecule has 0 N–H and O–H groups in total. The lowest BCUT2D eigenvalue weighted by molar-refractivity contribution is 0.242. The summed E-state index contributed by atoms with van der Waals surface area (Å²) in [5, 5.41) is 8.96. The molecule has 0 radical (unpaired) electrons. The largest absolute Gasteiger partial charge is 0.359 e. The summed E-state index contributed by atoms with van der Waals surface area (Å²) >= 11 is 0. The Balaban J connectivity index is 3.09. The van der Waals surface area contributed by atoms with Gasteiger partial charge in [-0.15, -0.1) is 0 Å². The molecular weight excluding hydrogens is 244 g/mol. The van der Waals surface area contributed by atoms with Crippen molar-refractivity contribution in [3.05, 3.63) is 47.2 Å². The van der Waals surface area contributed by atoms with Gasteiger partial charge in [0, 0.05) is 23.7 Å². The molecule has 0 saturated heterocycles. The number of aryl methyl sites for hydroxylation is 1. The number of benzene rings is 1. The molecule has 0 aromatic heterocycles. The summed E-state index contributed by atoms with van der Waals surface area (Å²) in [5.74, 6) is 6.27. The second kappa shape index (κ2) is 7.41. The molecule has 1 rings (SSSR count). The van der Waals surface area contributed by atoms with E-state index in [-0.39, 0.29) is 0 Å². The summed E-state index contributed by atoms with van der Waals surface area (Å²) in [5.41, 5.74) is 2.96. The number of hydrogen-bond donors (Lipinski definition) is 0. The van der Waals surface area contributed by atoms with Crippen molar-refractivity contribution in [3.63, 3.8) is 0 Å². The number of hydrogen-bond acceptors (Lipinski definition) is 2. The summed E-state index contributed by atoms with van der Waals surface area (Å²) in [6, 6.07) is 10.8. The van der Waals surface area contributed by atoms with Crippen LogP contribution in [0.2, 0.25) is 0 Å². The fourth-order valence-corrected chi connectivity index (χ4v) is 2.16. The van der Waals surface area contributed by atoms with Gasteiger partial charge >= 0.3 is 0 Å². The highest BCUT2D eigenvalue weighted by atomic mass is 15.2. The van der Waals surface area contributed by atoms with Crippen molar-refractivity contribution in [1.82, 2.24) is 4.90 Å². The minimum Gasteiger partial charge on any atom is -0.359 e. The van der Waals surface area contributed by atoms with E-state index in [1.165, 1.54) is 11.6 Å². The van der Waals surface area contributed by atoms with Crippen LogP contribution >= 0.6 is 0 Å². The van der Waals surface area contributed by atoms with E-state index in [4.69, 9.17) is 5.26 Å². The zero-order valence-electron chi connectivity index (χ0n) is 12.9. The number of allylic oxidation sites excluding steroid dienone is 2. The van der Waals surface area contributed by atoms with Gasteiger partial charge in [-0.05, 0) is 52.7 Å². The highest BCUT2D eigenvalue weighted by Gasteiger charge is 2.15. The topological polar surface area (TPSA) is 27.0 Å². The summed E-state index contributed by atoms with van der Waals surface area (Å²) in [6.07, 6.45) is 1.53. The molecule has 20 heavy (non-hydrogen) atoms. The number of nitrogens with zero attached hydrogens (tertiary/aromatic N) is 2. The molecule has 0 aliphatic heterocycles. The molecule has 0 heterocycles. The second-order valence-corrected chi connectivity index (χ2v) is 5.37.